The molecule has 0 aliphatic carbocycles. The Bertz CT molecular complexity index is 1130. The zero-order chi connectivity index (χ0) is 22.9. The molecular formula is C22H22F3N3O4. The molecule has 1 aliphatic heterocycles. The highest BCUT2D eigenvalue weighted by molar-refractivity contribution is 5.85. The first-order chi connectivity index (χ1) is 15.3. The van der Waals surface area contributed by atoms with Crippen LogP contribution in [0.3, 0.4) is 0 Å². The van der Waals surface area contributed by atoms with Crippen molar-refractivity contribution in [1.82, 2.24) is 9.97 Å². The average Bonchev–Trinajstić information content (AvgIpc) is 3.22. The molecular weight excluding hydrogens is 427 g/mol. The maximum Gasteiger partial charge on any atom is 0.312 e. The fraction of sp³-hybridized carbons (Fsp3) is 0.409. The van der Waals surface area contributed by atoms with Gasteiger partial charge in [-0.05, 0) is 37.5 Å². The topological polar surface area (TPSA) is 88.7 Å². The molecule has 0 bridgehead atoms. The molecule has 0 amide bonds. The quantitative estimate of drug-likeness (QED) is 0.542. The van der Waals surface area contributed by atoms with Crippen LogP contribution in [0.5, 0.6) is 0 Å². The molecule has 1 atom stereocenters. The fourth-order valence-corrected chi connectivity index (χ4v) is 3.96. The van der Waals surface area contributed by atoms with Gasteiger partial charge in [-0.3, -0.25) is 9.78 Å². The Morgan fingerprint density at radius 3 is 2.94 bits per heavy atom. The van der Waals surface area contributed by atoms with E-state index in [4.69, 9.17) is 14.3 Å². The molecule has 3 heterocycles. The lowest BCUT2D eigenvalue weighted by molar-refractivity contribution is -0.158. The van der Waals surface area contributed by atoms with E-state index in [1.54, 1.807) is 19.2 Å². The second-order valence-corrected chi connectivity index (χ2v) is 7.79. The summed E-state index contributed by atoms with van der Waals surface area (Å²) in [6.45, 7) is -0.251. The van der Waals surface area contributed by atoms with Crippen LogP contribution in [0.1, 0.15) is 18.5 Å². The van der Waals surface area contributed by atoms with Crippen LogP contribution in [0.15, 0.2) is 35.1 Å². The number of halogens is 3. The van der Waals surface area contributed by atoms with Gasteiger partial charge in [0.2, 0.25) is 0 Å². The van der Waals surface area contributed by atoms with Crippen molar-refractivity contribution in [3.8, 4) is 11.3 Å². The number of fused-ring (bicyclic) bond motifs is 1. The molecule has 1 unspecified atom stereocenters. The van der Waals surface area contributed by atoms with Gasteiger partial charge in [-0.25, -0.2) is 18.2 Å². The standard InChI is InChI=1S/C22H22F3N3O4/c1-31-7-2-3-15-11-26-18(14-9-13-5-8-32-19(13)17(23)10-14)20(27-15)28-6-4-16(21(29)30)22(24,25)12-28/h5,8-11,16H,2-4,6-7,12H2,1H3,(H,29,30). The third kappa shape index (κ3) is 4.27. The van der Waals surface area contributed by atoms with Gasteiger partial charge >= 0.3 is 5.97 Å². The Morgan fingerprint density at radius 2 is 2.22 bits per heavy atom. The highest BCUT2D eigenvalue weighted by Gasteiger charge is 2.49. The fourth-order valence-electron chi connectivity index (χ4n) is 3.96. The van der Waals surface area contributed by atoms with E-state index in [0.29, 0.717) is 36.1 Å². The van der Waals surface area contributed by atoms with E-state index < -0.39 is 30.2 Å². The highest BCUT2D eigenvalue weighted by Crippen LogP contribution is 2.38. The van der Waals surface area contributed by atoms with Crippen molar-refractivity contribution >= 4 is 22.8 Å². The second-order valence-electron chi connectivity index (χ2n) is 7.79. The minimum atomic E-state index is -3.45. The summed E-state index contributed by atoms with van der Waals surface area (Å²) >= 11 is 0. The largest absolute Gasteiger partial charge is 0.481 e. The van der Waals surface area contributed by atoms with Crippen LogP contribution in [-0.2, 0) is 16.0 Å². The van der Waals surface area contributed by atoms with E-state index >= 15 is 0 Å². The number of aryl methyl sites for hydroxylation is 1. The maximum atomic E-state index is 14.6. The first-order valence-corrected chi connectivity index (χ1v) is 10.2. The molecule has 1 aliphatic rings. The van der Waals surface area contributed by atoms with E-state index in [1.165, 1.54) is 23.4 Å². The molecule has 0 radical (unpaired) electrons. The van der Waals surface area contributed by atoms with E-state index in [1.807, 2.05) is 0 Å². The van der Waals surface area contributed by atoms with Gasteiger partial charge < -0.3 is 19.2 Å². The minimum Gasteiger partial charge on any atom is -0.481 e. The van der Waals surface area contributed by atoms with Crippen molar-refractivity contribution in [2.75, 3.05) is 31.7 Å². The molecule has 170 valence electrons. The Labute approximate surface area is 181 Å². The summed E-state index contributed by atoms with van der Waals surface area (Å²) in [5, 5.41) is 9.66. The van der Waals surface area contributed by atoms with Crippen molar-refractivity contribution in [2.45, 2.75) is 25.2 Å². The summed E-state index contributed by atoms with van der Waals surface area (Å²) in [5.74, 6) is -7.17. The Hall–Kier alpha value is -3.14. The number of carboxylic acids is 1. The van der Waals surface area contributed by atoms with Gasteiger partial charge in [0, 0.05) is 37.4 Å². The van der Waals surface area contributed by atoms with Gasteiger partial charge in [-0.2, -0.15) is 0 Å². The van der Waals surface area contributed by atoms with Crippen LogP contribution in [0.2, 0.25) is 0 Å². The highest BCUT2D eigenvalue weighted by atomic mass is 19.3. The number of benzene rings is 1. The zero-order valence-electron chi connectivity index (χ0n) is 17.4. The third-order valence-electron chi connectivity index (χ3n) is 5.56. The van der Waals surface area contributed by atoms with E-state index in [9.17, 15) is 18.0 Å². The molecule has 4 rings (SSSR count). The van der Waals surface area contributed by atoms with Crippen molar-refractivity contribution in [3.63, 3.8) is 0 Å². The number of piperidine rings is 1. The number of rotatable bonds is 7. The number of furan rings is 1. The van der Waals surface area contributed by atoms with Crippen LogP contribution in [-0.4, -0.2) is 53.8 Å². The average molecular weight is 449 g/mol. The minimum absolute atomic E-state index is 0.0617. The van der Waals surface area contributed by atoms with Gasteiger partial charge in [-0.15, -0.1) is 0 Å². The van der Waals surface area contributed by atoms with Crippen LogP contribution in [0.4, 0.5) is 19.0 Å². The summed E-state index contributed by atoms with van der Waals surface area (Å²) in [4.78, 5) is 21.6. The second kappa shape index (κ2) is 8.78. The molecule has 0 spiro atoms. The predicted octanol–water partition coefficient (Wildman–Crippen LogP) is 4.15. The summed E-state index contributed by atoms with van der Waals surface area (Å²) in [6.07, 6.45) is 3.84. The number of aliphatic carboxylic acids is 1. The summed E-state index contributed by atoms with van der Waals surface area (Å²) in [7, 11) is 1.58. The van der Waals surface area contributed by atoms with Gasteiger partial charge in [0.05, 0.1) is 18.5 Å². The lowest BCUT2D eigenvalue weighted by atomic mass is 9.92. The molecule has 0 saturated carbocycles. The van der Waals surface area contributed by atoms with Crippen LogP contribution in [0.25, 0.3) is 22.2 Å². The zero-order valence-corrected chi connectivity index (χ0v) is 17.4. The molecule has 3 aromatic rings. The van der Waals surface area contributed by atoms with Crippen molar-refractivity contribution in [2.24, 2.45) is 5.92 Å². The predicted molar refractivity (Wildman–Crippen MR) is 110 cm³/mol. The number of nitrogens with zero attached hydrogens (tertiary/aromatic N) is 3. The van der Waals surface area contributed by atoms with Gasteiger partial charge in [-0.1, -0.05) is 0 Å². The maximum absolute atomic E-state index is 14.6. The number of methoxy groups -OCH3 is 1. The summed E-state index contributed by atoms with van der Waals surface area (Å²) in [6, 6.07) is 4.48. The lowest BCUT2D eigenvalue weighted by Gasteiger charge is -2.37. The Kier molecular flexibility index (Phi) is 6.05. The molecule has 7 nitrogen and oxygen atoms in total. The first-order valence-electron chi connectivity index (χ1n) is 10.2. The Balaban J connectivity index is 1.75. The van der Waals surface area contributed by atoms with Crippen LogP contribution >= 0.6 is 0 Å². The number of carbonyl (C=O) groups is 1. The molecule has 32 heavy (non-hydrogen) atoms. The van der Waals surface area contributed by atoms with Gasteiger partial charge in [0.15, 0.2) is 17.2 Å². The number of aromatic nitrogens is 2. The van der Waals surface area contributed by atoms with Crippen molar-refractivity contribution in [3.05, 3.63) is 42.2 Å². The SMILES string of the molecule is COCCCc1cnc(-c2cc(F)c3occc3c2)c(N2CCC(C(=O)O)C(F)(F)C2)n1. The molecule has 2 aromatic heterocycles. The normalized spacial score (nSPS) is 18.2. The first kappa shape index (κ1) is 22.1. The number of hydrogen-bond donors (Lipinski definition) is 1. The number of alkyl halides is 2. The van der Waals surface area contributed by atoms with E-state index in [2.05, 4.69) is 9.97 Å². The third-order valence-corrected chi connectivity index (χ3v) is 5.56. The van der Waals surface area contributed by atoms with Gasteiger partial charge in [0.1, 0.15) is 11.6 Å². The number of hydrogen-bond acceptors (Lipinski definition) is 6. The van der Waals surface area contributed by atoms with Crippen molar-refractivity contribution < 1.29 is 32.2 Å². The molecule has 1 saturated heterocycles. The monoisotopic (exact) mass is 449 g/mol. The lowest BCUT2D eigenvalue weighted by Crippen LogP contribution is -2.51. The number of carboxylic acid groups (broad SMARTS) is 1. The number of anilines is 1. The molecule has 10 heteroatoms. The smallest absolute Gasteiger partial charge is 0.312 e. The summed E-state index contributed by atoms with van der Waals surface area (Å²) in [5.41, 5.74) is 1.28. The number of ether oxygens (including phenoxy) is 1. The van der Waals surface area contributed by atoms with Crippen LogP contribution < -0.4 is 4.90 Å². The molecule has 1 N–H and O–H groups in total. The van der Waals surface area contributed by atoms with E-state index in [-0.39, 0.29) is 30.1 Å². The summed E-state index contributed by atoms with van der Waals surface area (Å²) < 4.78 is 53.9. The molecule has 1 aromatic carbocycles. The van der Waals surface area contributed by atoms with E-state index in [0.717, 1.165) is 0 Å². The molecule has 1 fully saturated rings. The van der Waals surface area contributed by atoms with Gasteiger partial charge in [0.25, 0.3) is 5.92 Å². The van der Waals surface area contributed by atoms with Crippen LogP contribution in [0, 0.1) is 11.7 Å². The Morgan fingerprint density at radius 1 is 1.41 bits per heavy atom. The van der Waals surface area contributed by atoms with Crippen molar-refractivity contribution in [1.29, 1.82) is 0 Å².